The van der Waals surface area contributed by atoms with Crippen LogP contribution in [0.25, 0.3) is 0 Å². The second-order valence-electron chi connectivity index (χ2n) is 3.46. The molecular formula is C11H12ClN3. The van der Waals surface area contributed by atoms with Gasteiger partial charge in [0, 0.05) is 11.1 Å². The second kappa shape index (κ2) is 3.95. The van der Waals surface area contributed by atoms with Crippen molar-refractivity contribution in [3.63, 3.8) is 0 Å². The molecule has 0 radical (unpaired) electrons. The van der Waals surface area contributed by atoms with Gasteiger partial charge in [-0.1, -0.05) is 29.8 Å². The largest absolute Gasteiger partial charge is 0.384 e. The van der Waals surface area contributed by atoms with E-state index in [4.69, 9.17) is 17.3 Å². The summed E-state index contributed by atoms with van der Waals surface area (Å²) in [6, 6.07) is 9.54. The minimum absolute atomic E-state index is 0.610. The summed E-state index contributed by atoms with van der Waals surface area (Å²) in [6.45, 7) is 2.53. The normalized spacial score (nSPS) is 10.5. The second-order valence-corrected chi connectivity index (χ2v) is 3.87. The molecule has 3 nitrogen and oxygen atoms in total. The number of anilines is 1. The topological polar surface area (TPSA) is 43.8 Å². The van der Waals surface area contributed by atoms with Crippen LogP contribution in [0.1, 0.15) is 11.3 Å². The van der Waals surface area contributed by atoms with E-state index >= 15 is 0 Å². The van der Waals surface area contributed by atoms with Gasteiger partial charge in [-0.25, -0.2) is 4.68 Å². The molecular weight excluding hydrogens is 210 g/mol. The third-order valence-corrected chi connectivity index (χ3v) is 2.58. The summed E-state index contributed by atoms with van der Waals surface area (Å²) in [5, 5.41) is 5.02. The summed E-state index contributed by atoms with van der Waals surface area (Å²) in [5.74, 6) is 0.660. The van der Waals surface area contributed by atoms with Crippen LogP contribution in [0.3, 0.4) is 0 Å². The fraction of sp³-hybridized carbons (Fsp3) is 0.182. The van der Waals surface area contributed by atoms with Crippen LogP contribution < -0.4 is 5.73 Å². The Hall–Kier alpha value is -1.48. The number of benzene rings is 1. The lowest BCUT2D eigenvalue weighted by Gasteiger charge is -2.05. The zero-order valence-electron chi connectivity index (χ0n) is 8.44. The summed E-state index contributed by atoms with van der Waals surface area (Å²) in [6.07, 6.45) is 0. The fourth-order valence-electron chi connectivity index (χ4n) is 1.48. The van der Waals surface area contributed by atoms with Crippen LogP contribution in [0.4, 0.5) is 5.82 Å². The van der Waals surface area contributed by atoms with Crippen molar-refractivity contribution in [3.05, 3.63) is 46.6 Å². The number of nitrogens with zero attached hydrogens (tertiary/aromatic N) is 2. The molecule has 2 aromatic rings. The molecule has 1 aromatic carbocycles. The Bertz CT molecular complexity index is 476. The van der Waals surface area contributed by atoms with E-state index in [1.165, 1.54) is 0 Å². The van der Waals surface area contributed by atoms with Crippen LogP contribution in [0.5, 0.6) is 0 Å². The van der Waals surface area contributed by atoms with Gasteiger partial charge in [0.2, 0.25) is 0 Å². The number of nitrogen functional groups attached to an aromatic ring is 1. The standard InChI is InChI=1S/C11H12ClN3/c1-8-6-11(13)15(14-8)7-9-4-2-3-5-10(9)12/h2-6H,7,13H2,1H3. The highest BCUT2D eigenvalue weighted by atomic mass is 35.5. The molecule has 0 aliphatic rings. The maximum atomic E-state index is 6.05. The van der Waals surface area contributed by atoms with Crippen LogP contribution in [-0.2, 0) is 6.54 Å². The van der Waals surface area contributed by atoms with Gasteiger partial charge in [-0.15, -0.1) is 0 Å². The summed E-state index contributed by atoms with van der Waals surface area (Å²) in [5.41, 5.74) is 7.74. The van der Waals surface area contributed by atoms with Crippen LogP contribution in [0.15, 0.2) is 30.3 Å². The fourth-order valence-corrected chi connectivity index (χ4v) is 1.68. The van der Waals surface area contributed by atoms with Gasteiger partial charge >= 0.3 is 0 Å². The summed E-state index contributed by atoms with van der Waals surface area (Å²) >= 11 is 6.05. The Morgan fingerprint density at radius 2 is 2.13 bits per heavy atom. The van der Waals surface area contributed by atoms with Crippen molar-refractivity contribution in [2.75, 3.05) is 5.73 Å². The lowest BCUT2D eigenvalue weighted by molar-refractivity contribution is 0.689. The van der Waals surface area contributed by atoms with Crippen molar-refractivity contribution in [2.45, 2.75) is 13.5 Å². The molecule has 4 heteroatoms. The van der Waals surface area contributed by atoms with E-state index in [0.29, 0.717) is 12.4 Å². The number of nitrogens with two attached hydrogens (primary N) is 1. The lowest BCUT2D eigenvalue weighted by atomic mass is 10.2. The smallest absolute Gasteiger partial charge is 0.122 e. The van der Waals surface area contributed by atoms with E-state index in [1.807, 2.05) is 37.3 Å². The van der Waals surface area contributed by atoms with Gasteiger partial charge in [0.1, 0.15) is 5.82 Å². The molecule has 0 aliphatic carbocycles. The molecule has 0 fully saturated rings. The van der Waals surface area contributed by atoms with Crippen molar-refractivity contribution in [1.82, 2.24) is 9.78 Å². The Balaban J connectivity index is 2.29. The monoisotopic (exact) mass is 221 g/mol. The van der Waals surface area contributed by atoms with E-state index < -0.39 is 0 Å². The van der Waals surface area contributed by atoms with Gasteiger partial charge in [0.15, 0.2) is 0 Å². The molecule has 0 amide bonds. The molecule has 0 atom stereocenters. The van der Waals surface area contributed by atoms with E-state index in [-0.39, 0.29) is 0 Å². The average molecular weight is 222 g/mol. The lowest BCUT2D eigenvalue weighted by Crippen LogP contribution is -2.06. The first-order valence-corrected chi connectivity index (χ1v) is 5.08. The van der Waals surface area contributed by atoms with Crippen LogP contribution in [0, 0.1) is 6.92 Å². The van der Waals surface area contributed by atoms with Crippen molar-refractivity contribution in [3.8, 4) is 0 Å². The zero-order chi connectivity index (χ0) is 10.8. The summed E-state index contributed by atoms with van der Waals surface area (Å²) < 4.78 is 1.75. The number of halogens is 1. The first kappa shape index (κ1) is 10.1. The molecule has 0 saturated heterocycles. The third kappa shape index (κ3) is 2.13. The Kier molecular flexibility index (Phi) is 2.64. The number of aromatic nitrogens is 2. The molecule has 0 spiro atoms. The van der Waals surface area contributed by atoms with Crippen molar-refractivity contribution >= 4 is 17.4 Å². The van der Waals surface area contributed by atoms with E-state index in [9.17, 15) is 0 Å². The van der Waals surface area contributed by atoms with E-state index in [2.05, 4.69) is 5.10 Å². The van der Waals surface area contributed by atoms with Gasteiger partial charge in [-0.3, -0.25) is 0 Å². The molecule has 0 bridgehead atoms. The van der Waals surface area contributed by atoms with Crippen molar-refractivity contribution in [2.24, 2.45) is 0 Å². The maximum Gasteiger partial charge on any atom is 0.122 e. The Morgan fingerprint density at radius 1 is 1.40 bits per heavy atom. The number of hydrogen-bond acceptors (Lipinski definition) is 2. The molecule has 1 heterocycles. The average Bonchev–Trinajstić information content (AvgIpc) is 2.49. The first-order valence-electron chi connectivity index (χ1n) is 4.70. The highest BCUT2D eigenvalue weighted by molar-refractivity contribution is 6.31. The van der Waals surface area contributed by atoms with Gasteiger partial charge in [-0.05, 0) is 18.6 Å². The molecule has 0 unspecified atom stereocenters. The van der Waals surface area contributed by atoms with Gasteiger partial charge in [-0.2, -0.15) is 5.10 Å². The highest BCUT2D eigenvalue weighted by Gasteiger charge is 2.04. The minimum atomic E-state index is 0.610. The van der Waals surface area contributed by atoms with Gasteiger partial charge in [0.25, 0.3) is 0 Å². The van der Waals surface area contributed by atoms with Crippen molar-refractivity contribution < 1.29 is 0 Å². The van der Waals surface area contributed by atoms with Gasteiger partial charge < -0.3 is 5.73 Å². The van der Waals surface area contributed by atoms with Crippen LogP contribution >= 0.6 is 11.6 Å². The summed E-state index contributed by atoms with van der Waals surface area (Å²) in [4.78, 5) is 0. The van der Waals surface area contributed by atoms with Gasteiger partial charge in [0.05, 0.1) is 12.2 Å². The van der Waals surface area contributed by atoms with E-state index in [0.717, 1.165) is 16.3 Å². The highest BCUT2D eigenvalue weighted by Crippen LogP contribution is 2.17. The molecule has 2 N–H and O–H groups in total. The van der Waals surface area contributed by atoms with Crippen LogP contribution in [0.2, 0.25) is 5.02 Å². The predicted octanol–water partition coefficient (Wildman–Crippen LogP) is 2.48. The predicted molar refractivity (Wildman–Crippen MR) is 61.9 cm³/mol. The van der Waals surface area contributed by atoms with Crippen molar-refractivity contribution in [1.29, 1.82) is 0 Å². The first-order chi connectivity index (χ1) is 7.16. The Morgan fingerprint density at radius 3 is 2.73 bits per heavy atom. The molecule has 1 aromatic heterocycles. The molecule has 2 rings (SSSR count). The molecule has 0 saturated carbocycles. The minimum Gasteiger partial charge on any atom is -0.384 e. The Labute approximate surface area is 93.5 Å². The number of hydrogen-bond donors (Lipinski definition) is 1. The van der Waals surface area contributed by atoms with E-state index in [1.54, 1.807) is 4.68 Å². The van der Waals surface area contributed by atoms with Crippen LogP contribution in [-0.4, -0.2) is 9.78 Å². The third-order valence-electron chi connectivity index (χ3n) is 2.21. The molecule has 15 heavy (non-hydrogen) atoms. The SMILES string of the molecule is Cc1cc(N)n(Cc2ccccc2Cl)n1. The number of aryl methyl sites for hydroxylation is 1. The molecule has 0 aliphatic heterocycles. The molecule has 78 valence electrons. The summed E-state index contributed by atoms with van der Waals surface area (Å²) in [7, 11) is 0. The quantitative estimate of drug-likeness (QED) is 0.847. The zero-order valence-corrected chi connectivity index (χ0v) is 9.20. The maximum absolute atomic E-state index is 6.05. The number of rotatable bonds is 2.